The summed E-state index contributed by atoms with van der Waals surface area (Å²) in [6.07, 6.45) is 3.93. The molecule has 2 atom stereocenters. The number of methoxy groups -OCH3 is 1. The lowest BCUT2D eigenvalue weighted by Gasteiger charge is -2.30. The summed E-state index contributed by atoms with van der Waals surface area (Å²) >= 11 is 0. The van der Waals surface area contributed by atoms with Crippen LogP contribution in [0.1, 0.15) is 45.3 Å². The molecule has 2 N–H and O–H groups in total. The summed E-state index contributed by atoms with van der Waals surface area (Å²) in [5, 5.41) is 0. The molecule has 0 spiro atoms. The Balaban J connectivity index is 2.84. The van der Waals surface area contributed by atoms with Crippen LogP contribution in [-0.2, 0) is 4.74 Å². The third-order valence-corrected chi connectivity index (χ3v) is 3.58. The zero-order valence-electron chi connectivity index (χ0n) is 12.6. The summed E-state index contributed by atoms with van der Waals surface area (Å²) in [7, 11) is 1.73. The Labute approximate surface area is 117 Å². The van der Waals surface area contributed by atoms with Gasteiger partial charge in [0, 0.05) is 25.7 Å². The van der Waals surface area contributed by atoms with E-state index in [2.05, 4.69) is 36.7 Å². The molecule has 0 fully saturated rings. The van der Waals surface area contributed by atoms with Crippen molar-refractivity contribution in [3.05, 3.63) is 24.0 Å². The molecule has 0 aliphatic rings. The minimum absolute atomic E-state index is 0.0325. The maximum atomic E-state index is 5.99. The molecule has 4 nitrogen and oxygen atoms in total. The second kappa shape index (κ2) is 8.12. The van der Waals surface area contributed by atoms with Gasteiger partial charge in [-0.2, -0.15) is 0 Å². The third-order valence-electron chi connectivity index (χ3n) is 3.58. The standard InChI is InChI=1S/C15H27N3O/c1-5-12(3)18(9-10-19-4)13-7-8-15(17-11-13)14(16)6-2/h7-8,11-12,14H,5-6,9-10,16H2,1-4H3/t12?,14-/m0/s1. The van der Waals surface area contributed by atoms with E-state index in [1.807, 2.05) is 12.3 Å². The topological polar surface area (TPSA) is 51.4 Å². The van der Waals surface area contributed by atoms with E-state index in [9.17, 15) is 0 Å². The Morgan fingerprint density at radius 2 is 2.05 bits per heavy atom. The number of ether oxygens (including phenoxy) is 1. The number of rotatable bonds is 8. The van der Waals surface area contributed by atoms with Crippen LogP contribution in [0, 0.1) is 0 Å². The summed E-state index contributed by atoms with van der Waals surface area (Å²) in [5.74, 6) is 0. The highest BCUT2D eigenvalue weighted by Gasteiger charge is 2.14. The molecule has 19 heavy (non-hydrogen) atoms. The molecule has 1 aromatic heterocycles. The number of nitrogens with zero attached hydrogens (tertiary/aromatic N) is 2. The van der Waals surface area contributed by atoms with Gasteiger partial charge in [0.2, 0.25) is 0 Å². The molecule has 1 heterocycles. The predicted molar refractivity (Wildman–Crippen MR) is 80.4 cm³/mol. The van der Waals surface area contributed by atoms with Crippen LogP contribution >= 0.6 is 0 Å². The largest absolute Gasteiger partial charge is 0.383 e. The minimum atomic E-state index is 0.0325. The fraction of sp³-hybridized carbons (Fsp3) is 0.667. The van der Waals surface area contributed by atoms with Crippen molar-refractivity contribution < 1.29 is 4.74 Å². The van der Waals surface area contributed by atoms with Gasteiger partial charge in [-0.3, -0.25) is 4.98 Å². The number of anilines is 1. The zero-order chi connectivity index (χ0) is 14.3. The molecule has 0 saturated heterocycles. The van der Waals surface area contributed by atoms with E-state index >= 15 is 0 Å². The molecule has 4 heteroatoms. The first-order valence-corrected chi connectivity index (χ1v) is 7.11. The summed E-state index contributed by atoms with van der Waals surface area (Å²) in [4.78, 5) is 6.82. The Kier molecular flexibility index (Phi) is 6.81. The lowest BCUT2D eigenvalue weighted by atomic mass is 10.1. The molecule has 1 aromatic rings. The fourth-order valence-corrected chi connectivity index (χ4v) is 2.01. The molecule has 0 saturated carbocycles. The number of hydrogen-bond donors (Lipinski definition) is 1. The lowest BCUT2D eigenvalue weighted by Crippen LogP contribution is -2.35. The van der Waals surface area contributed by atoms with Crippen molar-refractivity contribution in [1.82, 2.24) is 4.98 Å². The van der Waals surface area contributed by atoms with E-state index < -0.39 is 0 Å². The molecule has 0 bridgehead atoms. The van der Waals surface area contributed by atoms with E-state index in [4.69, 9.17) is 10.5 Å². The Morgan fingerprint density at radius 3 is 2.53 bits per heavy atom. The summed E-state index contributed by atoms with van der Waals surface area (Å²) in [6, 6.07) is 4.65. The van der Waals surface area contributed by atoms with Gasteiger partial charge in [0.05, 0.1) is 24.2 Å². The molecule has 0 radical (unpaired) electrons. The Hall–Kier alpha value is -1.13. The van der Waals surface area contributed by atoms with E-state index in [0.717, 1.165) is 37.4 Å². The normalized spacial score (nSPS) is 14.2. The van der Waals surface area contributed by atoms with Gasteiger partial charge >= 0.3 is 0 Å². The van der Waals surface area contributed by atoms with Crippen LogP contribution in [0.4, 0.5) is 5.69 Å². The van der Waals surface area contributed by atoms with Crippen LogP contribution < -0.4 is 10.6 Å². The quantitative estimate of drug-likeness (QED) is 0.785. The molecule has 0 aromatic carbocycles. The number of nitrogens with two attached hydrogens (primary N) is 1. The Bertz CT molecular complexity index is 353. The van der Waals surface area contributed by atoms with Crippen molar-refractivity contribution in [2.45, 2.75) is 45.7 Å². The first-order valence-electron chi connectivity index (χ1n) is 7.11. The van der Waals surface area contributed by atoms with Crippen LogP contribution in [0.3, 0.4) is 0 Å². The van der Waals surface area contributed by atoms with Crippen molar-refractivity contribution in [2.24, 2.45) is 5.73 Å². The molecule has 0 amide bonds. The molecule has 0 aliphatic carbocycles. The van der Waals surface area contributed by atoms with Gasteiger partial charge in [-0.25, -0.2) is 0 Å². The van der Waals surface area contributed by atoms with Crippen LogP contribution in [0.25, 0.3) is 0 Å². The van der Waals surface area contributed by atoms with Gasteiger partial charge in [-0.05, 0) is 31.9 Å². The van der Waals surface area contributed by atoms with Gasteiger partial charge in [-0.1, -0.05) is 13.8 Å². The Morgan fingerprint density at radius 1 is 1.32 bits per heavy atom. The first kappa shape index (κ1) is 15.9. The molecule has 1 rings (SSSR count). The van der Waals surface area contributed by atoms with Gasteiger partial charge in [-0.15, -0.1) is 0 Å². The van der Waals surface area contributed by atoms with Crippen molar-refractivity contribution in [3.63, 3.8) is 0 Å². The van der Waals surface area contributed by atoms with Crippen LogP contribution in [0.5, 0.6) is 0 Å². The van der Waals surface area contributed by atoms with Crippen LogP contribution in [0.15, 0.2) is 18.3 Å². The number of pyridine rings is 1. The average molecular weight is 265 g/mol. The van der Waals surface area contributed by atoms with Crippen LogP contribution in [-0.4, -0.2) is 31.3 Å². The summed E-state index contributed by atoms with van der Waals surface area (Å²) in [6.45, 7) is 8.10. The van der Waals surface area contributed by atoms with Crippen LogP contribution in [0.2, 0.25) is 0 Å². The van der Waals surface area contributed by atoms with Crippen molar-refractivity contribution >= 4 is 5.69 Å². The van der Waals surface area contributed by atoms with E-state index in [0.29, 0.717) is 6.04 Å². The maximum absolute atomic E-state index is 5.99. The molecule has 0 aliphatic heterocycles. The fourth-order valence-electron chi connectivity index (χ4n) is 2.01. The monoisotopic (exact) mass is 265 g/mol. The highest BCUT2D eigenvalue weighted by atomic mass is 16.5. The van der Waals surface area contributed by atoms with E-state index in [-0.39, 0.29) is 6.04 Å². The smallest absolute Gasteiger partial charge is 0.0637 e. The minimum Gasteiger partial charge on any atom is -0.383 e. The van der Waals surface area contributed by atoms with Crippen molar-refractivity contribution in [2.75, 3.05) is 25.2 Å². The lowest BCUT2D eigenvalue weighted by molar-refractivity contribution is 0.203. The van der Waals surface area contributed by atoms with E-state index in [1.165, 1.54) is 0 Å². The van der Waals surface area contributed by atoms with Gasteiger partial charge in [0.15, 0.2) is 0 Å². The highest BCUT2D eigenvalue weighted by Crippen LogP contribution is 2.20. The second-order valence-corrected chi connectivity index (χ2v) is 4.90. The molecular weight excluding hydrogens is 238 g/mol. The average Bonchev–Trinajstić information content (AvgIpc) is 2.47. The third kappa shape index (κ3) is 4.48. The predicted octanol–water partition coefficient (Wildman–Crippen LogP) is 2.74. The number of hydrogen-bond acceptors (Lipinski definition) is 4. The summed E-state index contributed by atoms with van der Waals surface area (Å²) in [5.41, 5.74) is 8.09. The van der Waals surface area contributed by atoms with Crippen molar-refractivity contribution in [1.29, 1.82) is 0 Å². The van der Waals surface area contributed by atoms with Crippen molar-refractivity contribution in [3.8, 4) is 0 Å². The van der Waals surface area contributed by atoms with Gasteiger partial charge in [0.25, 0.3) is 0 Å². The van der Waals surface area contributed by atoms with E-state index in [1.54, 1.807) is 7.11 Å². The van der Waals surface area contributed by atoms with Gasteiger partial charge in [0.1, 0.15) is 0 Å². The van der Waals surface area contributed by atoms with Gasteiger partial charge < -0.3 is 15.4 Å². The molecule has 1 unspecified atom stereocenters. The SMILES string of the molecule is CCC(C)N(CCOC)c1ccc([C@@H](N)CC)nc1. The number of aromatic nitrogens is 1. The highest BCUT2D eigenvalue weighted by molar-refractivity contribution is 5.45. The molecule has 108 valence electrons. The zero-order valence-corrected chi connectivity index (χ0v) is 12.6. The summed E-state index contributed by atoms with van der Waals surface area (Å²) < 4.78 is 5.19. The first-order chi connectivity index (χ1) is 9.13. The maximum Gasteiger partial charge on any atom is 0.0637 e. The second-order valence-electron chi connectivity index (χ2n) is 4.90. The molecular formula is C15H27N3O.